The molecule has 0 nitrogen and oxygen atoms in total. The van der Waals surface area contributed by atoms with Crippen LogP contribution in [0.15, 0.2) is 0 Å². The van der Waals surface area contributed by atoms with E-state index < -0.39 is 0 Å². The SMILES string of the molecule is C[C-](C)[SiH3].[CH2-]CCCCC.[Mg+2]. The number of hydrogen-bond acceptors (Lipinski definition) is 0. The molecule has 2 heteroatoms. The fourth-order valence-electron chi connectivity index (χ4n) is 0.427. The zero-order chi connectivity index (χ0) is 8.41. The van der Waals surface area contributed by atoms with Crippen molar-refractivity contribution in [1.29, 1.82) is 0 Å². The molecule has 0 bridgehead atoms. The van der Waals surface area contributed by atoms with Crippen LogP contribution in [-0.2, 0) is 0 Å². The Labute approximate surface area is 92.1 Å². The molecule has 0 aliphatic carbocycles. The predicted octanol–water partition coefficient (Wildman–Crippen LogP) is 1.94. The molecule has 0 fully saturated rings. The van der Waals surface area contributed by atoms with Gasteiger partial charge in [0.05, 0.1) is 0 Å². The number of rotatable bonds is 3. The zero-order valence-corrected chi connectivity index (χ0v) is 12.2. The Bertz CT molecular complexity index is 40.1. The van der Waals surface area contributed by atoms with Crippen LogP contribution in [0.5, 0.6) is 0 Å². The van der Waals surface area contributed by atoms with Gasteiger partial charge in [-0.1, -0.05) is 26.2 Å². The first kappa shape index (κ1) is 17.9. The summed E-state index contributed by atoms with van der Waals surface area (Å²) >= 11 is 0. The molecule has 0 radical (unpaired) electrons. The minimum absolute atomic E-state index is 0. The summed E-state index contributed by atoms with van der Waals surface area (Å²) < 4.78 is 0. The molecule has 0 aliphatic heterocycles. The van der Waals surface area contributed by atoms with Gasteiger partial charge in [0, 0.05) is 0 Å². The summed E-state index contributed by atoms with van der Waals surface area (Å²) in [4.78, 5) is 0. The standard InChI is InChI=1S/C6H13.C3H9Si.Mg/c1-3-5-6-4-2;1-3(2)4;/h1,3-6H2,2H3;1-2,4H3;/q2*-1;+2. The van der Waals surface area contributed by atoms with Gasteiger partial charge in [-0.2, -0.15) is 20.3 Å². The largest absolute Gasteiger partial charge is 2.00 e. The summed E-state index contributed by atoms with van der Waals surface area (Å²) in [5.74, 6) is 0. The Kier molecular flexibility index (Phi) is 28.0. The smallest absolute Gasteiger partial charge is 0.343 e. The quantitative estimate of drug-likeness (QED) is 0.356. The molecule has 11 heavy (non-hydrogen) atoms. The Balaban J connectivity index is -0.000000114. The molecule has 0 atom stereocenters. The van der Waals surface area contributed by atoms with Gasteiger partial charge in [0.25, 0.3) is 0 Å². The molecule has 0 unspecified atom stereocenters. The Hall–Kier alpha value is 0.983. The molecule has 0 spiro atoms. The van der Waals surface area contributed by atoms with Crippen LogP contribution in [0.2, 0.25) is 0 Å². The van der Waals surface area contributed by atoms with Crippen molar-refractivity contribution in [3.05, 3.63) is 12.5 Å². The summed E-state index contributed by atoms with van der Waals surface area (Å²) in [6.07, 6.45) is 5.07. The average Bonchev–Trinajstić information content (AvgIpc) is 1.82. The summed E-state index contributed by atoms with van der Waals surface area (Å²) in [6, 6.07) is 0. The predicted molar refractivity (Wildman–Crippen MR) is 59.8 cm³/mol. The third-order valence-electron chi connectivity index (χ3n) is 0.854. The van der Waals surface area contributed by atoms with Crippen molar-refractivity contribution >= 4 is 33.3 Å². The first-order valence-corrected chi connectivity index (χ1v) is 5.21. The maximum Gasteiger partial charge on any atom is 2.00 e. The van der Waals surface area contributed by atoms with E-state index in [4.69, 9.17) is 0 Å². The molecule has 0 aliphatic rings. The van der Waals surface area contributed by atoms with E-state index in [0.717, 1.165) is 6.42 Å². The van der Waals surface area contributed by atoms with Crippen LogP contribution >= 0.6 is 0 Å². The van der Waals surface area contributed by atoms with E-state index in [1.807, 2.05) is 0 Å². The second-order valence-electron chi connectivity index (χ2n) is 3.06. The van der Waals surface area contributed by atoms with Crippen molar-refractivity contribution in [1.82, 2.24) is 0 Å². The van der Waals surface area contributed by atoms with E-state index in [-0.39, 0.29) is 23.1 Å². The van der Waals surface area contributed by atoms with Crippen molar-refractivity contribution in [3.8, 4) is 0 Å². The molecule has 0 amide bonds. The van der Waals surface area contributed by atoms with Crippen LogP contribution in [-0.4, -0.2) is 33.3 Å². The molecular weight excluding hydrogens is 160 g/mol. The Morgan fingerprint density at radius 3 is 1.73 bits per heavy atom. The summed E-state index contributed by atoms with van der Waals surface area (Å²) in [7, 11) is 1.27. The summed E-state index contributed by atoms with van der Waals surface area (Å²) in [5, 5.41) is 0. The fraction of sp³-hybridized carbons (Fsp3) is 0.778. The van der Waals surface area contributed by atoms with E-state index in [0.29, 0.717) is 0 Å². The van der Waals surface area contributed by atoms with Gasteiger partial charge < -0.3 is 12.5 Å². The average molecular weight is 183 g/mol. The maximum atomic E-state index is 3.72. The van der Waals surface area contributed by atoms with Gasteiger partial charge in [-0.15, -0.1) is 10.2 Å². The molecule has 0 aromatic carbocycles. The van der Waals surface area contributed by atoms with Gasteiger partial charge >= 0.3 is 23.1 Å². The number of unbranched alkanes of at least 4 members (excludes halogenated alkanes) is 3. The molecule has 0 heterocycles. The molecule has 0 aromatic heterocycles. The van der Waals surface area contributed by atoms with Gasteiger partial charge in [-0.05, 0) is 0 Å². The minimum atomic E-state index is 0. The van der Waals surface area contributed by atoms with Gasteiger partial charge in [0.15, 0.2) is 0 Å². The second-order valence-corrected chi connectivity index (χ2v) is 5.06. The fourth-order valence-corrected chi connectivity index (χ4v) is 0.427. The monoisotopic (exact) mass is 182 g/mol. The summed E-state index contributed by atoms with van der Waals surface area (Å²) in [5.41, 5.74) is 1.56. The molecule has 0 rings (SSSR count). The normalized spacial score (nSPS) is 8.45. The first-order chi connectivity index (χ1) is 4.65. The van der Waals surface area contributed by atoms with E-state index >= 15 is 0 Å². The van der Waals surface area contributed by atoms with Crippen LogP contribution in [0.4, 0.5) is 0 Å². The third-order valence-corrected chi connectivity index (χ3v) is 0.854. The van der Waals surface area contributed by atoms with E-state index in [2.05, 4.69) is 27.7 Å². The van der Waals surface area contributed by atoms with Gasteiger partial charge in [0.1, 0.15) is 0 Å². The molecule has 0 N–H and O–H groups in total. The van der Waals surface area contributed by atoms with Crippen LogP contribution < -0.4 is 0 Å². The van der Waals surface area contributed by atoms with Gasteiger partial charge in [0.2, 0.25) is 0 Å². The Morgan fingerprint density at radius 2 is 1.64 bits per heavy atom. The van der Waals surface area contributed by atoms with E-state index in [1.54, 1.807) is 5.54 Å². The van der Waals surface area contributed by atoms with E-state index in [9.17, 15) is 0 Å². The minimum Gasteiger partial charge on any atom is -0.343 e. The maximum absolute atomic E-state index is 3.72. The van der Waals surface area contributed by atoms with Crippen LogP contribution in [0.3, 0.4) is 0 Å². The third kappa shape index (κ3) is 55.9. The molecule has 0 saturated heterocycles. The van der Waals surface area contributed by atoms with Crippen LogP contribution in [0, 0.1) is 12.5 Å². The molecule has 0 aromatic rings. The van der Waals surface area contributed by atoms with Gasteiger partial charge in [-0.25, -0.2) is 0 Å². The van der Waals surface area contributed by atoms with E-state index in [1.165, 1.54) is 29.5 Å². The van der Waals surface area contributed by atoms with Crippen molar-refractivity contribution in [2.75, 3.05) is 0 Å². The number of hydrogen-bond donors (Lipinski definition) is 0. The van der Waals surface area contributed by atoms with Crippen LogP contribution in [0.25, 0.3) is 0 Å². The Morgan fingerprint density at radius 1 is 1.27 bits per heavy atom. The van der Waals surface area contributed by atoms with Crippen LogP contribution in [0.1, 0.15) is 46.5 Å². The first-order valence-electron chi connectivity index (χ1n) is 4.21. The zero-order valence-electron chi connectivity index (χ0n) is 8.74. The molecule has 0 saturated carbocycles. The summed E-state index contributed by atoms with van der Waals surface area (Å²) in [6.45, 7) is 10.2. The second kappa shape index (κ2) is 17.2. The van der Waals surface area contributed by atoms with Crippen molar-refractivity contribution < 1.29 is 0 Å². The topological polar surface area (TPSA) is 0 Å². The molecular formula is C9H22MgSi. The van der Waals surface area contributed by atoms with Crippen molar-refractivity contribution in [2.24, 2.45) is 0 Å². The van der Waals surface area contributed by atoms with Gasteiger partial charge in [-0.3, -0.25) is 0 Å². The molecule has 64 valence electrons. The van der Waals surface area contributed by atoms with Crippen molar-refractivity contribution in [2.45, 2.75) is 46.5 Å². The van der Waals surface area contributed by atoms with Crippen molar-refractivity contribution in [3.63, 3.8) is 0 Å².